The van der Waals surface area contributed by atoms with Crippen LogP contribution in [0, 0.1) is 0 Å². The van der Waals surface area contributed by atoms with Crippen LogP contribution in [0.25, 0.3) is 0 Å². The maximum absolute atomic E-state index is 12.6. The van der Waals surface area contributed by atoms with E-state index in [0.29, 0.717) is 0 Å². The van der Waals surface area contributed by atoms with Crippen molar-refractivity contribution in [3.05, 3.63) is 45.7 Å². The van der Waals surface area contributed by atoms with Gasteiger partial charge in [0.2, 0.25) is 0 Å². The van der Waals surface area contributed by atoms with E-state index in [9.17, 15) is 9.59 Å². The highest BCUT2D eigenvalue weighted by Crippen LogP contribution is 2.25. The number of aromatic nitrogens is 2. The van der Waals surface area contributed by atoms with E-state index in [0.717, 1.165) is 25.9 Å². The minimum absolute atomic E-state index is 0.0220. The Bertz CT molecular complexity index is 813. The summed E-state index contributed by atoms with van der Waals surface area (Å²) >= 11 is 12.1. The Hall–Kier alpha value is -2.13. The lowest BCUT2D eigenvalue weighted by Gasteiger charge is -2.30. The number of amides is 2. The molecule has 0 radical (unpaired) electrons. The summed E-state index contributed by atoms with van der Waals surface area (Å²) in [5, 5.41) is 14.3. The SMILES string of the molecule is CON1CCC(NC(=O)c2[nH]ncc2NC(=O)c2c(Cl)cccc2Cl)CC1. The van der Waals surface area contributed by atoms with Crippen molar-refractivity contribution in [2.24, 2.45) is 0 Å². The molecular weight excluding hydrogens is 393 g/mol. The largest absolute Gasteiger partial charge is 0.348 e. The van der Waals surface area contributed by atoms with Crippen LogP contribution in [0.3, 0.4) is 0 Å². The van der Waals surface area contributed by atoms with Crippen molar-refractivity contribution in [2.45, 2.75) is 18.9 Å². The standard InChI is InChI=1S/C17H19Cl2N5O3/c1-27-24-7-5-10(6-8-24)21-17(26)15-13(9-20-23-15)22-16(25)14-11(18)3-2-4-12(14)19/h2-4,9-10H,5-8H2,1H3,(H,20,23)(H,21,26)(H,22,25). The highest BCUT2D eigenvalue weighted by molar-refractivity contribution is 6.40. The molecule has 0 atom stereocenters. The zero-order valence-electron chi connectivity index (χ0n) is 14.6. The summed E-state index contributed by atoms with van der Waals surface area (Å²) in [6, 6.07) is 4.80. The van der Waals surface area contributed by atoms with E-state index in [-0.39, 0.29) is 38.9 Å². The van der Waals surface area contributed by atoms with Crippen molar-refractivity contribution < 1.29 is 14.4 Å². The number of aromatic amines is 1. The molecule has 3 N–H and O–H groups in total. The molecule has 1 aromatic carbocycles. The molecule has 2 heterocycles. The lowest BCUT2D eigenvalue weighted by molar-refractivity contribution is -0.144. The Morgan fingerprint density at radius 1 is 1.22 bits per heavy atom. The number of rotatable bonds is 5. The van der Waals surface area contributed by atoms with E-state index in [2.05, 4.69) is 20.8 Å². The van der Waals surface area contributed by atoms with E-state index in [1.807, 2.05) is 5.06 Å². The van der Waals surface area contributed by atoms with Crippen LogP contribution >= 0.6 is 23.2 Å². The second-order valence-electron chi connectivity index (χ2n) is 6.07. The molecule has 144 valence electrons. The van der Waals surface area contributed by atoms with Gasteiger partial charge in [-0.2, -0.15) is 10.2 Å². The molecule has 0 saturated carbocycles. The number of H-pyrrole nitrogens is 1. The van der Waals surface area contributed by atoms with E-state index in [1.54, 1.807) is 25.3 Å². The number of hydrogen-bond donors (Lipinski definition) is 3. The zero-order valence-corrected chi connectivity index (χ0v) is 16.1. The third-order valence-corrected chi connectivity index (χ3v) is 4.98. The molecule has 3 rings (SSSR count). The Morgan fingerprint density at radius 2 is 1.89 bits per heavy atom. The molecule has 0 bridgehead atoms. The predicted octanol–water partition coefficient (Wildman–Crippen LogP) is 2.72. The van der Waals surface area contributed by atoms with Crippen LogP contribution in [0.1, 0.15) is 33.7 Å². The number of benzene rings is 1. The highest BCUT2D eigenvalue weighted by atomic mass is 35.5. The summed E-state index contributed by atoms with van der Waals surface area (Å²) in [6.07, 6.45) is 2.90. The van der Waals surface area contributed by atoms with Crippen molar-refractivity contribution in [2.75, 3.05) is 25.5 Å². The molecule has 1 aliphatic heterocycles. The van der Waals surface area contributed by atoms with Gasteiger partial charge in [-0.05, 0) is 25.0 Å². The Kier molecular flexibility index (Phi) is 6.33. The van der Waals surface area contributed by atoms with Gasteiger partial charge in [0.05, 0.1) is 34.6 Å². The zero-order chi connectivity index (χ0) is 19.4. The number of halogens is 2. The maximum Gasteiger partial charge on any atom is 0.271 e. The number of hydrogen-bond acceptors (Lipinski definition) is 5. The first-order valence-electron chi connectivity index (χ1n) is 8.38. The van der Waals surface area contributed by atoms with Gasteiger partial charge in [0.15, 0.2) is 0 Å². The topological polar surface area (TPSA) is 99.3 Å². The summed E-state index contributed by atoms with van der Waals surface area (Å²) in [5.74, 6) is -0.863. The Morgan fingerprint density at radius 3 is 2.52 bits per heavy atom. The number of nitrogens with zero attached hydrogens (tertiary/aromatic N) is 2. The summed E-state index contributed by atoms with van der Waals surface area (Å²) in [6.45, 7) is 1.47. The summed E-state index contributed by atoms with van der Waals surface area (Å²) in [4.78, 5) is 30.3. The van der Waals surface area contributed by atoms with Gasteiger partial charge in [0, 0.05) is 19.1 Å². The quantitative estimate of drug-likeness (QED) is 0.702. The molecule has 1 aliphatic rings. The number of carbonyl (C=O) groups excluding carboxylic acids is 2. The van der Waals surface area contributed by atoms with Crippen molar-refractivity contribution in [1.29, 1.82) is 0 Å². The monoisotopic (exact) mass is 411 g/mol. The Labute approximate surface area is 166 Å². The molecule has 0 spiro atoms. The van der Waals surface area contributed by atoms with Gasteiger partial charge < -0.3 is 15.5 Å². The van der Waals surface area contributed by atoms with Crippen LogP contribution in [0.2, 0.25) is 10.0 Å². The van der Waals surface area contributed by atoms with Crippen LogP contribution in [0.4, 0.5) is 5.69 Å². The lowest BCUT2D eigenvalue weighted by Crippen LogP contribution is -2.44. The molecule has 27 heavy (non-hydrogen) atoms. The second-order valence-corrected chi connectivity index (χ2v) is 6.88. The summed E-state index contributed by atoms with van der Waals surface area (Å²) in [7, 11) is 1.63. The first kappa shape index (κ1) is 19.6. The van der Waals surface area contributed by atoms with Crippen molar-refractivity contribution in [3.8, 4) is 0 Å². The molecule has 8 nitrogen and oxygen atoms in total. The van der Waals surface area contributed by atoms with Crippen molar-refractivity contribution in [1.82, 2.24) is 20.6 Å². The summed E-state index contributed by atoms with van der Waals surface area (Å²) in [5.41, 5.74) is 0.559. The predicted molar refractivity (Wildman–Crippen MR) is 102 cm³/mol. The van der Waals surface area contributed by atoms with E-state index in [4.69, 9.17) is 28.0 Å². The fraction of sp³-hybridized carbons (Fsp3) is 0.353. The van der Waals surface area contributed by atoms with Crippen molar-refractivity contribution >= 4 is 40.7 Å². The fourth-order valence-corrected chi connectivity index (χ4v) is 3.46. The van der Waals surface area contributed by atoms with Gasteiger partial charge in [0.25, 0.3) is 11.8 Å². The number of nitrogens with one attached hydrogen (secondary N) is 3. The molecule has 0 unspecified atom stereocenters. The van der Waals surface area contributed by atoms with E-state index < -0.39 is 5.91 Å². The molecule has 2 amide bonds. The molecule has 2 aromatic rings. The average molecular weight is 412 g/mol. The molecule has 1 saturated heterocycles. The van der Waals surface area contributed by atoms with Crippen LogP contribution in [-0.2, 0) is 4.84 Å². The van der Waals surface area contributed by atoms with Crippen LogP contribution in [-0.4, -0.2) is 53.3 Å². The van der Waals surface area contributed by atoms with Gasteiger partial charge >= 0.3 is 0 Å². The number of anilines is 1. The van der Waals surface area contributed by atoms with Gasteiger partial charge in [-0.15, -0.1) is 0 Å². The number of carbonyl (C=O) groups is 2. The van der Waals surface area contributed by atoms with Crippen molar-refractivity contribution in [3.63, 3.8) is 0 Å². The molecular formula is C17H19Cl2N5O3. The molecule has 10 heteroatoms. The minimum atomic E-state index is -0.519. The van der Waals surface area contributed by atoms with Crippen LogP contribution < -0.4 is 10.6 Å². The second kappa shape index (κ2) is 8.71. The van der Waals surface area contributed by atoms with E-state index in [1.165, 1.54) is 6.20 Å². The lowest BCUT2D eigenvalue weighted by atomic mass is 10.1. The number of piperidine rings is 1. The molecule has 1 aromatic heterocycles. The number of hydroxylamine groups is 2. The van der Waals surface area contributed by atoms with Gasteiger partial charge in [-0.1, -0.05) is 29.3 Å². The first-order valence-corrected chi connectivity index (χ1v) is 9.14. The van der Waals surface area contributed by atoms with Crippen LogP contribution in [0.5, 0.6) is 0 Å². The van der Waals surface area contributed by atoms with Gasteiger partial charge in [-0.25, -0.2) is 0 Å². The smallest absolute Gasteiger partial charge is 0.271 e. The normalized spacial score (nSPS) is 15.5. The fourth-order valence-electron chi connectivity index (χ4n) is 2.89. The maximum atomic E-state index is 12.6. The third-order valence-electron chi connectivity index (χ3n) is 4.35. The van der Waals surface area contributed by atoms with Gasteiger partial charge in [-0.3, -0.25) is 14.7 Å². The van der Waals surface area contributed by atoms with E-state index >= 15 is 0 Å². The van der Waals surface area contributed by atoms with Gasteiger partial charge in [0.1, 0.15) is 5.69 Å². The highest BCUT2D eigenvalue weighted by Gasteiger charge is 2.24. The Balaban J connectivity index is 1.67. The minimum Gasteiger partial charge on any atom is -0.348 e. The average Bonchev–Trinajstić information content (AvgIpc) is 3.10. The molecule has 0 aliphatic carbocycles. The molecule has 1 fully saturated rings. The first-order chi connectivity index (χ1) is 13.0. The van der Waals surface area contributed by atoms with Crippen LogP contribution in [0.15, 0.2) is 24.4 Å². The summed E-state index contributed by atoms with van der Waals surface area (Å²) < 4.78 is 0. The third kappa shape index (κ3) is 4.59.